The van der Waals surface area contributed by atoms with E-state index in [2.05, 4.69) is 38.2 Å². The molecular formula is C16H21N5. The van der Waals surface area contributed by atoms with E-state index < -0.39 is 0 Å². The fourth-order valence-electron chi connectivity index (χ4n) is 2.80. The van der Waals surface area contributed by atoms with E-state index in [4.69, 9.17) is 0 Å². The minimum Gasteiger partial charge on any atom is -0.366 e. The summed E-state index contributed by atoms with van der Waals surface area (Å²) in [7, 11) is 0. The summed E-state index contributed by atoms with van der Waals surface area (Å²) in [5, 5.41) is 3.50. The number of nitrogens with zero attached hydrogens (tertiary/aromatic N) is 4. The van der Waals surface area contributed by atoms with Crippen molar-refractivity contribution in [3.05, 3.63) is 48.2 Å². The summed E-state index contributed by atoms with van der Waals surface area (Å²) >= 11 is 0. The van der Waals surface area contributed by atoms with Crippen LogP contribution in [0.1, 0.15) is 24.1 Å². The lowest BCUT2D eigenvalue weighted by Gasteiger charge is -2.33. The zero-order valence-electron chi connectivity index (χ0n) is 12.4. The zero-order chi connectivity index (χ0) is 14.5. The molecule has 1 atom stereocenters. The molecule has 3 heterocycles. The molecule has 0 bridgehead atoms. The summed E-state index contributed by atoms with van der Waals surface area (Å²) in [5.41, 5.74) is 2.45. The summed E-state index contributed by atoms with van der Waals surface area (Å²) in [4.78, 5) is 15.2. The number of aromatic nitrogens is 3. The molecule has 5 heteroatoms. The summed E-state index contributed by atoms with van der Waals surface area (Å²) in [6.07, 6.45) is 7.62. The zero-order valence-corrected chi connectivity index (χ0v) is 12.4. The van der Waals surface area contributed by atoms with Crippen molar-refractivity contribution in [1.29, 1.82) is 0 Å². The van der Waals surface area contributed by atoms with Gasteiger partial charge in [0.1, 0.15) is 12.1 Å². The normalized spacial score (nSPS) is 19.4. The van der Waals surface area contributed by atoms with Gasteiger partial charge in [0.25, 0.3) is 0 Å². The molecule has 5 nitrogen and oxygen atoms in total. The van der Waals surface area contributed by atoms with Crippen LogP contribution in [-0.2, 0) is 6.54 Å². The molecule has 1 aliphatic rings. The highest BCUT2D eigenvalue weighted by atomic mass is 15.2. The number of likely N-dealkylation sites (tertiary alicyclic amines) is 1. The van der Waals surface area contributed by atoms with Gasteiger partial charge in [0.15, 0.2) is 0 Å². The molecule has 1 N–H and O–H groups in total. The Hall–Kier alpha value is -2.01. The fraction of sp³-hybridized carbons (Fsp3) is 0.438. The lowest BCUT2D eigenvalue weighted by molar-refractivity contribution is 0.206. The molecule has 21 heavy (non-hydrogen) atoms. The van der Waals surface area contributed by atoms with Crippen molar-refractivity contribution in [1.82, 2.24) is 19.9 Å². The molecule has 0 amide bonds. The number of aryl methyl sites for hydroxylation is 1. The van der Waals surface area contributed by atoms with E-state index in [9.17, 15) is 0 Å². The van der Waals surface area contributed by atoms with E-state index in [1.165, 1.54) is 24.1 Å². The number of nitrogens with one attached hydrogen (secondary N) is 1. The molecule has 0 aromatic carbocycles. The highest BCUT2D eigenvalue weighted by Gasteiger charge is 2.20. The first-order valence-electron chi connectivity index (χ1n) is 7.46. The Balaban J connectivity index is 1.60. The molecular weight excluding hydrogens is 262 g/mol. The van der Waals surface area contributed by atoms with Gasteiger partial charge in [-0.1, -0.05) is 6.07 Å². The first-order chi connectivity index (χ1) is 10.3. The van der Waals surface area contributed by atoms with E-state index in [1.54, 1.807) is 12.5 Å². The van der Waals surface area contributed by atoms with Crippen molar-refractivity contribution in [2.75, 3.05) is 18.4 Å². The third kappa shape index (κ3) is 3.76. The van der Waals surface area contributed by atoms with Crippen LogP contribution in [0.5, 0.6) is 0 Å². The highest BCUT2D eigenvalue weighted by Crippen LogP contribution is 2.17. The Morgan fingerprint density at radius 3 is 3.05 bits per heavy atom. The maximum absolute atomic E-state index is 4.50. The van der Waals surface area contributed by atoms with Gasteiger partial charge in [-0.3, -0.25) is 9.88 Å². The quantitative estimate of drug-likeness (QED) is 0.932. The molecule has 110 valence electrons. The first kappa shape index (κ1) is 13.9. The molecule has 3 rings (SSSR count). The number of hydrogen-bond acceptors (Lipinski definition) is 5. The lowest BCUT2D eigenvalue weighted by atomic mass is 10.0. The third-order valence-corrected chi connectivity index (χ3v) is 3.93. The molecule has 1 aliphatic heterocycles. The second kappa shape index (κ2) is 6.63. The van der Waals surface area contributed by atoms with Crippen molar-refractivity contribution >= 4 is 5.82 Å². The van der Waals surface area contributed by atoms with Crippen LogP contribution in [0.15, 0.2) is 36.9 Å². The summed E-state index contributed by atoms with van der Waals surface area (Å²) in [6.45, 7) is 5.22. The number of hydrogen-bond donors (Lipinski definition) is 1. The average molecular weight is 283 g/mol. The second-order valence-corrected chi connectivity index (χ2v) is 5.58. The largest absolute Gasteiger partial charge is 0.366 e. The molecule has 0 saturated carbocycles. The van der Waals surface area contributed by atoms with E-state index >= 15 is 0 Å². The summed E-state index contributed by atoms with van der Waals surface area (Å²) in [6, 6.07) is 6.48. The van der Waals surface area contributed by atoms with Crippen LogP contribution >= 0.6 is 0 Å². The predicted octanol–water partition coefficient (Wildman–Crippen LogP) is 2.26. The molecule has 1 fully saturated rings. The SMILES string of the molecule is Cc1cccnc1CN1CCCC(Nc2ccncn2)C1. The van der Waals surface area contributed by atoms with Gasteiger partial charge in [-0.15, -0.1) is 0 Å². The number of piperidine rings is 1. The smallest absolute Gasteiger partial charge is 0.129 e. The molecule has 1 saturated heterocycles. The maximum atomic E-state index is 4.50. The van der Waals surface area contributed by atoms with Crippen molar-refractivity contribution < 1.29 is 0 Å². The van der Waals surface area contributed by atoms with Gasteiger partial charge in [0, 0.05) is 31.5 Å². The summed E-state index contributed by atoms with van der Waals surface area (Å²) in [5.74, 6) is 0.908. The van der Waals surface area contributed by atoms with Gasteiger partial charge >= 0.3 is 0 Å². The average Bonchev–Trinajstić information content (AvgIpc) is 2.51. The molecule has 0 aliphatic carbocycles. The van der Waals surface area contributed by atoms with Gasteiger partial charge < -0.3 is 5.32 Å². The van der Waals surface area contributed by atoms with Gasteiger partial charge in [-0.05, 0) is 44.0 Å². The number of anilines is 1. The maximum Gasteiger partial charge on any atom is 0.129 e. The first-order valence-corrected chi connectivity index (χ1v) is 7.46. The van der Waals surface area contributed by atoms with Crippen LogP contribution < -0.4 is 5.32 Å². The molecule has 1 unspecified atom stereocenters. The predicted molar refractivity (Wildman–Crippen MR) is 82.9 cm³/mol. The lowest BCUT2D eigenvalue weighted by Crippen LogP contribution is -2.42. The standard InChI is InChI=1S/C16H21N5/c1-13-4-2-7-18-15(13)11-21-9-3-5-14(10-21)20-16-6-8-17-12-19-16/h2,4,6-8,12,14H,3,5,9-11H2,1H3,(H,17,19,20). The number of rotatable bonds is 4. The van der Waals surface area contributed by atoms with Crippen LogP contribution in [0, 0.1) is 6.92 Å². The Morgan fingerprint density at radius 2 is 2.24 bits per heavy atom. The van der Waals surface area contributed by atoms with Gasteiger partial charge in [0.05, 0.1) is 5.69 Å². The molecule has 0 spiro atoms. The van der Waals surface area contributed by atoms with E-state index in [1.807, 2.05) is 18.3 Å². The van der Waals surface area contributed by atoms with Crippen molar-refractivity contribution in [2.24, 2.45) is 0 Å². The van der Waals surface area contributed by atoms with Crippen molar-refractivity contribution in [3.8, 4) is 0 Å². The Bertz CT molecular complexity index is 572. The van der Waals surface area contributed by atoms with E-state index in [0.717, 1.165) is 25.5 Å². The van der Waals surface area contributed by atoms with Crippen LogP contribution in [0.2, 0.25) is 0 Å². The monoisotopic (exact) mass is 283 g/mol. The fourth-order valence-corrected chi connectivity index (χ4v) is 2.80. The van der Waals surface area contributed by atoms with Crippen molar-refractivity contribution in [2.45, 2.75) is 32.4 Å². The van der Waals surface area contributed by atoms with Crippen LogP contribution in [0.3, 0.4) is 0 Å². The Kier molecular flexibility index (Phi) is 4.40. The molecule has 0 radical (unpaired) electrons. The van der Waals surface area contributed by atoms with Gasteiger partial charge in [-0.25, -0.2) is 9.97 Å². The second-order valence-electron chi connectivity index (χ2n) is 5.58. The van der Waals surface area contributed by atoms with E-state index in [0.29, 0.717) is 6.04 Å². The molecule has 2 aromatic heterocycles. The Labute approximate surface area is 125 Å². The topological polar surface area (TPSA) is 53.9 Å². The van der Waals surface area contributed by atoms with Crippen LogP contribution in [0.25, 0.3) is 0 Å². The Morgan fingerprint density at radius 1 is 1.29 bits per heavy atom. The van der Waals surface area contributed by atoms with Crippen LogP contribution in [-0.4, -0.2) is 39.0 Å². The number of pyridine rings is 1. The summed E-state index contributed by atoms with van der Waals surface area (Å²) < 4.78 is 0. The molecule has 2 aromatic rings. The van der Waals surface area contributed by atoms with E-state index in [-0.39, 0.29) is 0 Å². The van der Waals surface area contributed by atoms with Crippen LogP contribution in [0.4, 0.5) is 5.82 Å². The van der Waals surface area contributed by atoms with Gasteiger partial charge in [0.2, 0.25) is 0 Å². The highest BCUT2D eigenvalue weighted by molar-refractivity contribution is 5.33. The third-order valence-electron chi connectivity index (χ3n) is 3.93. The minimum atomic E-state index is 0.442. The van der Waals surface area contributed by atoms with Gasteiger partial charge in [-0.2, -0.15) is 0 Å². The minimum absolute atomic E-state index is 0.442. The van der Waals surface area contributed by atoms with Crippen molar-refractivity contribution in [3.63, 3.8) is 0 Å².